The monoisotopic (exact) mass is 193 g/mol. The van der Waals surface area contributed by atoms with Crippen molar-refractivity contribution >= 4 is 6.29 Å². The number of carbonyl (C=O) groups is 1. The molecule has 1 unspecified atom stereocenters. The van der Waals surface area contributed by atoms with Crippen molar-refractivity contribution in [1.29, 1.82) is 0 Å². The number of ether oxygens (including phenoxy) is 1. The summed E-state index contributed by atoms with van der Waals surface area (Å²) in [5.74, 6) is 0.842. The van der Waals surface area contributed by atoms with Crippen molar-refractivity contribution in [2.24, 2.45) is 5.73 Å². The third-order valence-electron chi connectivity index (χ3n) is 2.22. The van der Waals surface area contributed by atoms with Crippen molar-refractivity contribution < 1.29 is 9.53 Å². The molecule has 2 N–H and O–H groups in total. The lowest BCUT2D eigenvalue weighted by Gasteiger charge is -2.10. The van der Waals surface area contributed by atoms with Gasteiger partial charge in [-0.15, -0.1) is 0 Å². The quantitative estimate of drug-likeness (QED) is 0.736. The normalized spacial score (nSPS) is 12.2. The number of aryl methyl sites for hydroxylation is 1. The van der Waals surface area contributed by atoms with E-state index in [1.54, 1.807) is 7.11 Å². The van der Waals surface area contributed by atoms with Crippen molar-refractivity contribution in [2.45, 2.75) is 19.4 Å². The van der Waals surface area contributed by atoms with Gasteiger partial charge in [0.25, 0.3) is 0 Å². The molecular formula is C11H15NO2. The highest BCUT2D eigenvalue weighted by atomic mass is 16.5. The molecule has 1 aromatic carbocycles. The maximum Gasteiger partial charge on any atom is 0.141 e. The molecule has 1 atom stereocenters. The maximum absolute atomic E-state index is 10.5. The topological polar surface area (TPSA) is 52.3 Å². The van der Waals surface area contributed by atoms with E-state index in [-0.39, 0.29) is 0 Å². The standard InChI is InChI=1S/C11H15NO2/c1-3-8-6-9(10(12)7-13)4-5-11(8)14-2/h4-7,10H,3,12H2,1-2H3. The van der Waals surface area contributed by atoms with E-state index in [1.807, 2.05) is 25.1 Å². The highest BCUT2D eigenvalue weighted by molar-refractivity contribution is 5.61. The zero-order valence-corrected chi connectivity index (χ0v) is 8.49. The van der Waals surface area contributed by atoms with Crippen LogP contribution in [-0.4, -0.2) is 13.4 Å². The fraction of sp³-hybridized carbons (Fsp3) is 0.364. The van der Waals surface area contributed by atoms with E-state index in [4.69, 9.17) is 10.5 Å². The van der Waals surface area contributed by atoms with Crippen molar-refractivity contribution in [3.05, 3.63) is 29.3 Å². The van der Waals surface area contributed by atoms with E-state index in [9.17, 15) is 4.79 Å². The second-order valence-electron chi connectivity index (χ2n) is 3.09. The number of benzene rings is 1. The van der Waals surface area contributed by atoms with E-state index >= 15 is 0 Å². The molecule has 0 amide bonds. The summed E-state index contributed by atoms with van der Waals surface area (Å²) >= 11 is 0. The van der Waals surface area contributed by atoms with Crippen LogP contribution in [0, 0.1) is 0 Å². The summed E-state index contributed by atoms with van der Waals surface area (Å²) in [6.07, 6.45) is 1.60. The predicted octanol–water partition coefficient (Wildman–Crippen LogP) is 1.46. The van der Waals surface area contributed by atoms with Crippen LogP contribution in [0.5, 0.6) is 5.75 Å². The van der Waals surface area contributed by atoms with E-state index in [0.717, 1.165) is 29.6 Å². The largest absolute Gasteiger partial charge is 0.496 e. The Morgan fingerprint density at radius 1 is 1.57 bits per heavy atom. The van der Waals surface area contributed by atoms with Crippen molar-refractivity contribution in [3.63, 3.8) is 0 Å². The molecule has 0 saturated heterocycles. The third kappa shape index (κ3) is 2.12. The second kappa shape index (κ2) is 4.77. The van der Waals surface area contributed by atoms with Gasteiger partial charge in [-0.2, -0.15) is 0 Å². The van der Waals surface area contributed by atoms with Crippen molar-refractivity contribution in [1.82, 2.24) is 0 Å². The van der Waals surface area contributed by atoms with Gasteiger partial charge in [0.05, 0.1) is 13.2 Å². The van der Waals surface area contributed by atoms with Gasteiger partial charge >= 0.3 is 0 Å². The summed E-state index contributed by atoms with van der Waals surface area (Å²) < 4.78 is 5.18. The average Bonchev–Trinajstić information content (AvgIpc) is 2.26. The molecule has 0 radical (unpaired) electrons. The lowest BCUT2D eigenvalue weighted by Crippen LogP contribution is -2.11. The lowest BCUT2D eigenvalue weighted by molar-refractivity contribution is -0.109. The van der Waals surface area contributed by atoms with Crippen LogP contribution >= 0.6 is 0 Å². The molecule has 3 nitrogen and oxygen atoms in total. The number of aldehydes is 1. The molecule has 0 bridgehead atoms. The molecule has 0 fully saturated rings. The average molecular weight is 193 g/mol. The summed E-state index contributed by atoms with van der Waals surface area (Å²) in [6.45, 7) is 2.04. The van der Waals surface area contributed by atoms with E-state index in [1.165, 1.54) is 0 Å². The zero-order chi connectivity index (χ0) is 10.6. The Morgan fingerprint density at radius 3 is 2.79 bits per heavy atom. The van der Waals surface area contributed by atoms with Gasteiger partial charge in [0, 0.05) is 0 Å². The van der Waals surface area contributed by atoms with Crippen LogP contribution in [0.1, 0.15) is 24.1 Å². The molecule has 0 aliphatic heterocycles. The Morgan fingerprint density at radius 2 is 2.29 bits per heavy atom. The van der Waals surface area contributed by atoms with Gasteiger partial charge in [-0.1, -0.05) is 19.1 Å². The highest BCUT2D eigenvalue weighted by Gasteiger charge is 2.07. The number of methoxy groups -OCH3 is 1. The van der Waals surface area contributed by atoms with E-state index in [2.05, 4.69) is 0 Å². The Balaban J connectivity index is 3.06. The number of nitrogens with two attached hydrogens (primary N) is 1. The summed E-state index contributed by atoms with van der Waals surface area (Å²) in [4.78, 5) is 10.5. The molecule has 0 aliphatic rings. The van der Waals surface area contributed by atoms with Gasteiger partial charge in [-0.05, 0) is 23.6 Å². The van der Waals surface area contributed by atoms with Crippen LogP contribution in [0.25, 0.3) is 0 Å². The smallest absolute Gasteiger partial charge is 0.141 e. The molecular weight excluding hydrogens is 178 g/mol. The van der Waals surface area contributed by atoms with Crippen LogP contribution in [0.3, 0.4) is 0 Å². The molecule has 0 heterocycles. The minimum absolute atomic E-state index is 0.536. The van der Waals surface area contributed by atoms with Crippen LogP contribution in [0.2, 0.25) is 0 Å². The Kier molecular flexibility index (Phi) is 3.65. The molecule has 1 aromatic rings. The molecule has 0 aliphatic carbocycles. The first kappa shape index (κ1) is 10.7. The summed E-state index contributed by atoms with van der Waals surface area (Å²) in [5, 5.41) is 0. The molecule has 0 saturated carbocycles. The zero-order valence-electron chi connectivity index (χ0n) is 8.49. The Bertz CT molecular complexity index is 323. The summed E-state index contributed by atoms with van der Waals surface area (Å²) in [6, 6.07) is 5.04. The SMILES string of the molecule is CCc1cc(C(N)C=O)ccc1OC. The van der Waals surface area contributed by atoms with Crippen molar-refractivity contribution in [3.8, 4) is 5.75 Å². The number of hydrogen-bond donors (Lipinski definition) is 1. The van der Waals surface area contributed by atoms with Gasteiger partial charge in [-0.3, -0.25) is 0 Å². The van der Waals surface area contributed by atoms with Gasteiger partial charge in [0.1, 0.15) is 12.0 Å². The summed E-state index contributed by atoms with van der Waals surface area (Å²) in [5.41, 5.74) is 7.50. The minimum Gasteiger partial charge on any atom is -0.496 e. The number of rotatable bonds is 4. The molecule has 1 rings (SSSR count). The van der Waals surface area contributed by atoms with Gasteiger partial charge in [-0.25, -0.2) is 0 Å². The van der Waals surface area contributed by atoms with E-state index in [0.29, 0.717) is 0 Å². The molecule has 3 heteroatoms. The van der Waals surface area contributed by atoms with Crippen LogP contribution in [0.4, 0.5) is 0 Å². The molecule has 14 heavy (non-hydrogen) atoms. The van der Waals surface area contributed by atoms with Gasteiger partial charge in [0.2, 0.25) is 0 Å². The minimum atomic E-state index is -0.536. The number of carbonyl (C=O) groups excluding carboxylic acids is 1. The fourth-order valence-corrected chi connectivity index (χ4v) is 1.36. The van der Waals surface area contributed by atoms with Crippen LogP contribution < -0.4 is 10.5 Å². The first-order valence-corrected chi connectivity index (χ1v) is 4.60. The molecule has 76 valence electrons. The Labute approximate surface area is 83.9 Å². The third-order valence-corrected chi connectivity index (χ3v) is 2.22. The predicted molar refractivity (Wildman–Crippen MR) is 55.4 cm³/mol. The van der Waals surface area contributed by atoms with Crippen LogP contribution in [-0.2, 0) is 11.2 Å². The van der Waals surface area contributed by atoms with Crippen molar-refractivity contribution in [2.75, 3.05) is 7.11 Å². The van der Waals surface area contributed by atoms with Gasteiger partial charge in [0.15, 0.2) is 0 Å². The summed E-state index contributed by atoms with van der Waals surface area (Å²) in [7, 11) is 1.63. The maximum atomic E-state index is 10.5. The molecule has 0 spiro atoms. The lowest BCUT2D eigenvalue weighted by atomic mass is 10.0. The first-order chi connectivity index (χ1) is 6.72. The van der Waals surface area contributed by atoms with Gasteiger partial charge < -0.3 is 15.3 Å². The fourth-order valence-electron chi connectivity index (χ4n) is 1.36. The molecule has 0 aromatic heterocycles. The van der Waals surface area contributed by atoms with E-state index < -0.39 is 6.04 Å². The Hall–Kier alpha value is -1.35. The van der Waals surface area contributed by atoms with Crippen LogP contribution in [0.15, 0.2) is 18.2 Å². The first-order valence-electron chi connectivity index (χ1n) is 4.60. The highest BCUT2D eigenvalue weighted by Crippen LogP contribution is 2.22. The number of hydrogen-bond acceptors (Lipinski definition) is 3. The second-order valence-corrected chi connectivity index (χ2v) is 3.09.